The summed E-state index contributed by atoms with van der Waals surface area (Å²) in [6.45, 7) is 1.28. The van der Waals surface area contributed by atoms with Crippen LogP contribution < -0.4 is 5.73 Å². The number of hydrogen-bond acceptors (Lipinski definition) is 2. The van der Waals surface area contributed by atoms with Crippen LogP contribution in [0.15, 0.2) is 12.1 Å². The zero-order valence-corrected chi connectivity index (χ0v) is 9.94. The number of hydrogen-bond donors (Lipinski definition) is 1. The summed E-state index contributed by atoms with van der Waals surface area (Å²) in [5.74, 6) is 2.56. The zero-order chi connectivity index (χ0) is 11.4. The monoisotopic (exact) mass is 242 g/mol. The Kier molecular flexibility index (Phi) is 4.28. The van der Waals surface area contributed by atoms with Gasteiger partial charge in [0.25, 0.3) is 0 Å². The van der Waals surface area contributed by atoms with Crippen molar-refractivity contribution in [2.24, 2.45) is 0 Å². The summed E-state index contributed by atoms with van der Waals surface area (Å²) in [6.07, 6.45) is 5.20. The SMILES string of the molecule is C#CCN(C)Cc1cc(Cl)c(N)c(Cl)c1. The molecular weight excluding hydrogens is 231 g/mol. The summed E-state index contributed by atoms with van der Waals surface area (Å²) in [6, 6.07) is 3.60. The standard InChI is InChI=1S/C11H12Cl2N2/c1-3-4-15(2)7-8-5-9(12)11(14)10(13)6-8/h1,5-6H,4,7,14H2,2H3. The highest BCUT2D eigenvalue weighted by Gasteiger charge is 2.06. The Balaban J connectivity index is 2.84. The van der Waals surface area contributed by atoms with E-state index in [1.54, 1.807) is 12.1 Å². The molecule has 15 heavy (non-hydrogen) atoms. The van der Waals surface area contributed by atoms with Crippen molar-refractivity contribution in [3.63, 3.8) is 0 Å². The molecule has 0 aromatic heterocycles. The van der Waals surface area contributed by atoms with E-state index in [1.165, 1.54) is 0 Å². The molecule has 0 fully saturated rings. The molecule has 0 spiro atoms. The van der Waals surface area contributed by atoms with Gasteiger partial charge in [-0.25, -0.2) is 0 Å². The van der Waals surface area contributed by atoms with Crippen molar-refractivity contribution in [2.75, 3.05) is 19.3 Å². The third-order valence-electron chi connectivity index (χ3n) is 1.95. The third-order valence-corrected chi connectivity index (χ3v) is 2.58. The first-order chi connectivity index (χ1) is 7.04. The predicted octanol–water partition coefficient (Wildman–Crippen LogP) is 2.64. The molecular formula is C11H12Cl2N2. The first-order valence-electron chi connectivity index (χ1n) is 4.40. The zero-order valence-electron chi connectivity index (χ0n) is 8.43. The first-order valence-corrected chi connectivity index (χ1v) is 5.15. The number of benzene rings is 1. The van der Waals surface area contributed by atoms with E-state index in [9.17, 15) is 0 Å². The van der Waals surface area contributed by atoms with Gasteiger partial charge in [0.2, 0.25) is 0 Å². The molecule has 0 radical (unpaired) electrons. The third kappa shape index (κ3) is 3.32. The minimum absolute atomic E-state index is 0.418. The smallest absolute Gasteiger partial charge is 0.0693 e. The maximum absolute atomic E-state index is 5.91. The average Bonchev–Trinajstić information content (AvgIpc) is 2.14. The molecule has 0 bridgehead atoms. The lowest BCUT2D eigenvalue weighted by Crippen LogP contribution is -2.17. The summed E-state index contributed by atoms with van der Waals surface area (Å²) in [5.41, 5.74) is 7.05. The predicted molar refractivity (Wildman–Crippen MR) is 66.0 cm³/mol. The first kappa shape index (κ1) is 12.2. The molecule has 4 heteroatoms. The minimum atomic E-state index is 0.418. The number of nitrogens with two attached hydrogens (primary N) is 1. The van der Waals surface area contributed by atoms with Crippen molar-refractivity contribution >= 4 is 28.9 Å². The Morgan fingerprint density at radius 2 is 1.93 bits per heavy atom. The molecule has 1 aromatic rings. The highest BCUT2D eigenvalue weighted by molar-refractivity contribution is 6.38. The van der Waals surface area contributed by atoms with Gasteiger partial charge < -0.3 is 5.73 Å². The van der Waals surface area contributed by atoms with Crippen LogP contribution in [-0.4, -0.2) is 18.5 Å². The fourth-order valence-electron chi connectivity index (χ4n) is 1.25. The van der Waals surface area contributed by atoms with E-state index < -0.39 is 0 Å². The number of nitrogens with zero attached hydrogens (tertiary/aromatic N) is 1. The largest absolute Gasteiger partial charge is 0.396 e. The highest BCUT2D eigenvalue weighted by Crippen LogP contribution is 2.29. The maximum atomic E-state index is 5.91. The molecule has 0 unspecified atom stereocenters. The second kappa shape index (κ2) is 5.27. The van der Waals surface area contributed by atoms with Crippen LogP contribution in [0.3, 0.4) is 0 Å². The van der Waals surface area contributed by atoms with E-state index in [1.807, 2.05) is 11.9 Å². The summed E-state index contributed by atoms with van der Waals surface area (Å²) in [5, 5.41) is 0.957. The lowest BCUT2D eigenvalue weighted by Gasteiger charge is -2.14. The van der Waals surface area contributed by atoms with Crippen molar-refractivity contribution in [1.29, 1.82) is 0 Å². The number of rotatable bonds is 3. The molecule has 0 saturated heterocycles. The fourth-order valence-corrected chi connectivity index (χ4v) is 1.78. The molecule has 0 amide bonds. The van der Waals surface area contributed by atoms with E-state index in [4.69, 9.17) is 35.4 Å². The van der Waals surface area contributed by atoms with Crippen LogP contribution in [0.5, 0.6) is 0 Å². The number of halogens is 2. The molecule has 2 nitrogen and oxygen atoms in total. The fraction of sp³-hybridized carbons (Fsp3) is 0.273. The van der Waals surface area contributed by atoms with Crippen molar-refractivity contribution in [2.45, 2.75) is 6.54 Å². The van der Waals surface area contributed by atoms with Crippen LogP contribution in [0.1, 0.15) is 5.56 Å². The van der Waals surface area contributed by atoms with E-state index in [0.29, 0.717) is 28.8 Å². The summed E-state index contributed by atoms with van der Waals surface area (Å²) < 4.78 is 0. The van der Waals surface area contributed by atoms with E-state index >= 15 is 0 Å². The van der Waals surface area contributed by atoms with Gasteiger partial charge in [0.05, 0.1) is 22.3 Å². The molecule has 0 heterocycles. The quantitative estimate of drug-likeness (QED) is 0.653. The normalized spacial score (nSPS) is 10.3. The molecule has 0 aliphatic rings. The Bertz CT molecular complexity index is 373. The van der Waals surface area contributed by atoms with Crippen molar-refractivity contribution in [3.8, 4) is 12.3 Å². The van der Waals surface area contributed by atoms with E-state index in [-0.39, 0.29) is 0 Å². The summed E-state index contributed by atoms with van der Waals surface area (Å²) in [4.78, 5) is 1.98. The van der Waals surface area contributed by atoms with Crippen molar-refractivity contribution < 1.29 is 0 Å². The molecule has 0 aliphatic heterocycles. The second-order valence-electron chi connectivity index (χ2n) is 3.35. The molecule has 0 aliphatic carbocycles. The van der Waals surface area contributed by atoms with Crippen molar-refractivity contribution in [1.82, 2.24) is 4.90 Å². The van der Waals surface area contributed by atoms with Gasteiger partial charge in [-0.15, -0.1) is 6.42 Å². The van der Waals surface area contributed by atoms with Crippen LogP contribution in [0.4, 0.5) is 5.69 Å². The van der Waals surface area contributed by atoms with Crippen LogP contribution >= 0.6 is 23.2 Å². The number of terminal acetylenes is 1. The van der Waals surface area contributed by atoms with Gasteiger partial charge in [-0.05, 0) is 24.7 Å². The molecule has 80 valence electrons. The minimum Gasteiger partial charge on any atom is -0.396 e. The van der Waals surface area contributed by atoms with Crippen LogP contribution in [-0.2, 0) is 6.54 Å². The summed E-state index contributed by atoms with van der Waals surface area (Å²) in [7, 11) is 1.93. The van der Waals surface area contributed by atoms with Gasteiger partial charge in [0.1, 0.15) is 0 Å². The van der Waals surface area contributed by atoms with Crippen LogP contribution in [0, 0.1) is 12.3 Å². The van der Waals surface area contributed by atoms with Gasteiger partial charge in [0, 0.05) is 6.54 Å². The Morgan fingerprint density at radius 1 is 1.40 bits per heavy atom. The maximum Gasteiger partial charge on any atom is 0.0693 e. The Labute approximate surface area is 100.0 Å². The van der Waals surface area contributed by atoms with E-state index in [2.05, 4.69) is 5.92 Å². The van der Waals surface area contributed by atoms with E-state index in [0.717, 1.165) is 5.56 Å². The van der Waals surface area contributed by atoms with Gasteiger partial charge in [-0.3, -0.25) is 4.90 Å². The second-order valence-corrected chi connectivity index (χ2v) is 4.16. The molecule has 1 rings (SSSR count). The molecule has 0 saturated carbocycles. The molecule has 0 atom stereocenters. The summed E-state index contributed by atoms with van der Waals surface area (Å²) >= 11 is 11.8. The Hall–Kier alpha value is -0.880. The lowest BCUT2D eigenvalue weighted by molar-refractivity contribution is 0.369. The van der Waals surface area contributed by atoms with Crippen molar-refractivity contribution in [3.05, 3.63) is 27.7 Å². The van der Waals surface area contributed by atoms with Gasteiger partial charge >= 0.3 is 0 Å². The highest BCUT2D eigenvalue weighted by atomic mass is 35.5. The van der Waals surface area contributed by atoms with Gasteiger partial charge in [-0.2, -0.15) is 0 Å². The number of anilines is 1. The molecule has 1 aromatic carbocycles. The molecule has 2 N–H and O–H groups in total. The van der Waals surface area contributed by atoms with Gasteiger partial charge in [-0.1, -0.05) is 29.1 Å². The lowest BCUT2D eigenvalue weighted by atomic mass is 10.2. The van der Waals surface area contributed by atoms with Gasteiger partial charge in [0.15, 0.2) is 0 Å². The Morgan fingerprint density at radius 3 is 2.40 bits per heavy atom. The number of nitrogen functional groups attached to an aromatic ring is 1. The van der Waals surface area contributed by atoms with Crippen LogP contribution in [0.25, 0.3) is 0 Å². The van der Waals surface area contributed by atoms with Crippen LogP contribution in [0.2, 0.25) is 10.0 Å². The average molecular weight is 243 g/mol. The topological polar surface area (TPSA) is 29.3 Å².